The van der Waals surface area contributed by atoms with Gasteiger partial charge in [-0.05, 0) is 58.4 Å². The van der Waals surface area contributed by atoms with Gasteiger partial charge in [0.15, 0.2) is 11.5 Å². The van der Waals surface area contributed by atoms with Crippen LogP contribution < -0.4 is 14.8 Å². The van der Waals surface area contributed by atoms with E-state index in [-0.39, 0.29) is 12.4 Å². The van der Waals surface area contributed by atoms with Gasteiger partial charge in [-0.2, -0.15) is 0 Å². The second kappa shape index (κ2) is 12.7. The molecule has 0 aromatic heterocycles. The fourth-order valence-electron chi connectivity index (χ4n) is 2.02. The van der Waals surface area contributed by atoms with Crippen molar-refractivity contribution in [2.24, 2.45) is 0 Å². The summed E-state index contributed by atoms with van der Waals surface area (Å²) in [5, 5.41) is 3.98. The molecule has 6 heteroatoms. The van der Waals surface area contributed by atoms with Crippen molar-refractivity contribution in [3.05, 3.63) is 22.7 Å². The number of halogens is 2. The predicted molar refractivity (Wildman–Crippen MR) is 98.4 cm³/mol. The lowest BCUT2D eigenvalue weighted by Gasteiger charge is -2.15. The summed E-state index contributed by atoms with van der Waals surface area (Å²) in [5.74, 6) is 1.33. The molecule has 0 aliphatic rings. The quantitative estimate of drug-likeness (QED) is 0.587. The first-order valence-electron chi connectivity index (χ1n) is 7.98. The van der Waals surface area contributed by atoms with E-state index in [1.807, 2.05) is 39.8 Å². The van der Waals surface area contributed by atoms with Crippen molar-refractivity contribution in [1.82, 2.24) is 5.32 Å². The molecular weight excluding hydrogens is 337 g/mol. The van der Waals surface area contributed by atoms with Crippen molar-refractivity contribution in [3.8, 4) is 11.5 Å². The van der Waals surface area contributed by atoms with Crippen LogP contribution in [0.2, 0.25) is 5.02 Å². The van der Waals surface area contributed by atoms with Gasteiger partial charge in [0.1, 0.15) is 0 Å². The van der Waals surface area contributed by atoms with E-state index in [0.29, 0.717) is 35.8 Å². The number of hydrogen-bond acceptors (Lipinski definition) is 4. The zero-order chi connectivity index (χ0) is 16.4. The highest BCUT2D eigenvalue weighted by Crippen LogP contribution is 2.36. The molecule has 0 radical (unpaired) electrons. The van der Waals surface area contributed by atoms with E-state index in [1.54, 1.807) is 0 Å². The number of benzene rings is 1. The standard InChI is InChI=1S/C17H28ClNO3.ClH/c1-5-20-16-11-14(10-15(18)17(16)21-6-2)12-19-8-7-9-22-13(3)4;/h10-11,13,19H,5-9,12H2,1-4H3;1H. The Morgan fingerprint density at radius 3 is 2.43 bits per heavy atom. The van der Waals surface area contributed by atoms with Crippen LogP contribution in [-0.4, -0.2) is 32.5 Å². The number of hydrogen-bond donors (Lipinski definition) is 1. The van der Waals surface area contributed by atoms with Crippen LogP contribution in [0.1, 0.15) is 39.7 Å². The van der Waals surface area contributed by atoms with Crippen molar-refractivity contribution in [3.63, 3.8) is 0 Å². The van der Waals surface area contributed by atoms with Crippen LogP contribution >= 0.6 is 24.0 Å². The Bertz CT molecular complexity index is 442. The monoisotopic (exact) mass is 365 g/mol. The predicted octanol–water partition coefficient (Wildman–Crippen LogP) is 4.46. The van der Waals surface area contributed by atoms with Gasteiger partial charge in [-0.1, -0.05) is 11.6 Å². The number of ether oxygens (including phenoxy) is 3. The van der Waals surface area contributed by atoms with Gasteiger partial charge in [-0.25, -0.2) is 0 Å². The highest BCUT2D eigenvalue weighted by atomic mass is 35.5. The fourth-order valence-corrected chi connectivity index (χ4v) is 2.31. The first-order chi connectivity index (χ1) is 10.6. The van der Waals surface area contributed by atoms with Crippen LogP contribution in [-0.2, 0) is 11.3 Å². The average Bonchev–Trinajstić information content (AvgIpc) is 2.46. The molecule has 0 heterocycles. The molecular formula is C17H29Cl2NO3. The molecule has 1 rings (SSSR count). The first-order valence-corrected chi connectivity index (χ1v) is 8.36. The summed E-state index contributed by atoms with van der Waals surface area (Å²) in [6, 6.07) is 3.91. The van der Waals surface area contributed by atoms with E-state index in [0.717, 1.165) is 31.7 Å². The first kappa shape index (κ1) is 22.3. The van der Waals surface area contributed by atoms with Crippen LogP contribution in [0.3, 0.4) is 0 Å². The maximum absolute atomic E-state index is 6.29. The van der Waals surface area contributed by atoms with Crippen LogP contribution in [0.5, 0.6) is 11.5 Å². The van der Waals surface area contributed by atoms with Crippen molar-refractivity contribution >= 4 is 24.0 Å². The summed E-state index contributed by atoms with van der Waals surface area (Å²) in [6.07, 6.45) is 1.28. The van der Waals surface area contributed by atoms with Crippen LogP contribution in [0, 0.1) is 0 Å². The smallest absolute Gasteiger partial charge is 0.179 e. The largest absolute Gasteiger partial charge is 0.490 e. The topological polar surface area (TPSA) is 39.7 Å². The van der Waals surface area contributed by atoms with Crippen molar-refractivity contribution in [1.29, 1.82) is 0 Å². The summed E-state index contributed by atoms with van der Waals surface area (Å²) >= 11 is 6.29. The summed E-state index contributed by atoms with van der Waals surface area (Å²) in [5.41, 5.74) is 1.08. The van der Waals surface area contributed by atoms with Gasteiger partial charge in [0.05, 0.1) is 24.3 Å². The molecule has 0 saturated carbocycles. The molecule has 0 saturated heterocycles. The lowest BCUT2D eigenvalue weighted by Crippen LogP contribution is -2.17. The van der Waals surface area contributed by atoms with Crippen LogP contribution in [0.25, 0.3) is 0 Å². The molecule has 0 atom stereocenters. The summed E-state index contributed by atoms with van der Waals surface area (Å²) in [4.78, 5) is 0. The molecule has 0 spiro atoms. The Balaban J connectivity index is 0.00000484. The molecule has 23 heavy (non-hydrogen) atoms. The maximum Gasteiger partial charge on any atom is 0.179 e. The van der Waals surface area contributed by atoms with E-state index in [2.05, 4.69) is 5.32 Å². The summed E-state index contributed by atoms with van der Waals surface area (Å²) in [6.45, 7) is 11.5. The highest BCUT2D eigenvalue weighted by molar-refractivity contribution is 6.32. The SMILES string of the molecule is CCOc1cc(CNCCCOC(C)C)cc(Cl)c1OCC.Cl. The summed E-state index contributed by atoms with van der Waals surface area (Å²) in [7, 11) is 0. The molecule has 0 aliphatic heterocycles. The van der Waals surface area contributed by atoms with Gasteiger partial charge in [0.25, 0.3) is 0 Å². The van der Waals surface area contributed by atoms with E-state index in [9.17, 15) is 0 Å². The average molecular weight is 366 g/mol. The van der Waals surface area contributed by atoms with E-state index in [4.69, 9.17) is 25.8 Å². The molecule has 4 nitrogen and oxygen atoms in total. The third kappa shape index (κ3) is 8.66. The molecule has 0 amide bonds. The van der Waals surface area contributed by atoms with Crippen LogP contribution in [0.15, 0.2) is 12.1 Å². The third-order valence-corrected chi connectivity index (χ3v) is 3.22. The lowest BCUT2D eigenvalue weighted by atomic mass is 10.2. The minimum Gasteiger partial charge on any atom is -0.490 e. The Morgan fingerprint density at radius 1 is 1.13 bits per heavy atom. The molecule has 1 aromatic rings. The third-order valence-electron chi connectivity index (χ3n) is 2.94. The van der Waals surface area contributed by atoms with Crippen LogP contribution in [0.4, 0.5) is 0 Å². The van der Waals surface area contributed by atoms with Gasteiger partial charge in [0, 0.05) is 13.2 Å². The van der Waals surface area contributed by atoms with E-state index >= 15 is 0 Å². The second-order valence-corrected chi connectivity index (χ2v) is 5.63. The maximum atomic E-state index is 6.29. The molecule has 1 N–H and O–H groups in total. The zero-order valence-corrected chi connectivity index (χ0v) is 16.1. The molecule has 134 valence electrons. The lowest BCUT2D eigenvalue weighted by molar-refractivity contribution is 0.0770. The molecule has 0 bridgehead atoms. The zero-order valence-electron chi connectivity index (χ0n) is 14.5. The molecule has 0 unspecified atom stereocenters. The van der Waals surface area contributed by atoms with Gasteiger partial charge in [-0.15, -0.1) is 12.4 Å². The number of nitrogens with one attached hydrogen (secondary N) is 1. The second-order valence-electron chi connectivity index (χ2n) is 5.22. The Morgan fingerprint density at radius 2 is 1.83 bits per heavy atom. The fraction of sp³-hybridized carbons (Fsp3) is 0.647. The summed E-state index contributed by atoms with van der Waals surface area (Å²) < 4.78 is 16.7. The highest BCUT2D eigenvalue weighted by Gasteiger charge is 2.12. The number of rotatable bonds is 11. The molecule has 0 aliphatic carbocycles. The normalized spacial score (nSPS) is 10.5. The Labute approximate surface area is 151 Å². The van der Waals surface area contributed by atoms with Crippen molar-refractivity contribution in [2.45, 2.75) is 46.8 Å². The van der Waals surface area contributed by atoms with Crippen molar-refractivity contribution < 1.29 is 14.2 Å². The van der Waals surface area contributed by atoms with E-state index in [1.165, 1.54) is 0 Å². The van der Waals surface area contributed by atoms with Gasteiger partial charge in [-0.3, -0.25) is 0 Å². The minimum absolute atomic E-state index is 0. The van der Waals surface area contributed by atoms with Gasteiger partial charge < -0.3 is 19.5 Å². The van der Waals surface area contributed by atoms with Crippen molar-refractivity contribution in [2.75, 3.05) is 26.4 Å². The molecule has 1 aromatic carbocycles. The van der Waals surface area contributed by atoms with E-state index < -0.39 is 0 Å². The molecule has 0 fully saturated rings. The Kier molecular flexibility index (Phi) is 12.3. The van der Waals surface area contributed by atoms with Gasteiger partial charge >= 0.3 is 0 Å². The van der Waals surface area contributed by atoms with Gasteiger partial charge in [0.2, 0.25) is 0 Å². The Hall–Kier alpha value is -0.680. The minimum atomic E-state index is 0.